The largest absolute Gasteiger partial charge is 0.494 e. The van der Waals surface area contributed by atoms with Crippen molar-refractivity contribution in [3.8, 4) is 5.75 Å². The third-order valence-electron chi connectivity index (χ3n) is 4.64. The molecule has 2 aromatic rings. The summed E-state index contributed by atoms with van der Waals surface area (Å²) in [6.07, 6.45) is 1.74. The molecule has 1 amide bonds. The molecule has 0 spiro atoms. The molecule has 1 fully saturated rings. The fourth-order valence-electron chi connectivity index (χ4n) is 3.05. The van der Waals surface area contributed by atoms with E-state index in [-0.39, 0.29) is 12.6 Å². The smallest absolute Gasteiger partial charge is 0.407 e. The second-order valence-electron chi connectivity index (χ2n) is 6.97. The summed E-state index contributed by atoms with van der Waals surface area (Å²) in [5, 5.41) is 2.89. The highest BCUT2D eigenvalue weighted by atomic mass is 16.7. The van der Waals surface area contributed by atoms with E-state index in [2.05, 4.69) is 12.2 Å². The van der Waals surface area contributed by atoms with Crippen LogP contribution in [0.5, 0.6) is 5.75 Å². The second-order valence-corrected chi connectivity index (χ2v) is 6.97. The maximum atomic E-state index is 12.3. The van der Waals surface area contributed by atoms with Crippen LogP contribution >= 0.6 is 0 Å². The Morgan fingerprint density at radius 3 is 2.48 bits per heavy atom. The summed E-state index contributed by atoms with van der Waals surface area (Å²) in [5.41, 5.74) is 1.99. The molecule has 156 valence electrons. The molecule has 1 N–H and O–H groups in total. The van der Waals surface area contributed by atoms with E-state index in [1.165, 1.54) is 0 Å². The van der Waals surface area contributed by atoms with Gasteiger partial charge in [0.1, 0.15) is 12.4 Å². The average molecular weight is 399 g/mol. The summed E-state index contributed by atoms with van der Waals surface area (Å²) < 4.78 is 22.3. The van der Waals surface area contributed by atoms with E-state index < -0.39 is 12.4 Å². The predicted octanol–water partition coefficient (Wildman–Crippen LogP) is 4.08. The van der Waals surface area contributed by atoms with Gasteiger partial charge < -0.3 is 24.3 Å². The molecule has 3 rings (SSSR count). The summed E-state index contributed by atoms with van der Waals surface area (Å²) in [6.45, 7) is 4.11. The molecule has 1 aliphatic rings. The van der Waals surface area contributed by atoms with E-state index in [0.29, 0.717) is 19.6 Å². The zero-order chi connectivity index (χ0) is 20.3. The molecule has 6 heteroatoms. The van der Waals surface area contributed by atoms with Crippen molar-refractivity contribution in [2.24, 2.45) is 0 Å². The van der Waals surface area contributed by atoms with Crippen molar-refractivity contribution in [1.82, 2.24) is 5.32 Å². The highest BCUT2D eigenvalue weighted by Crippen LogP contribution is 2.18. The number of rotatable bonds is 10. The molecule has 0 radical (unpaired) electrons. The summed E-state index contributed by atoms with van der Waals surface area (Å²) in [4.78, 5) is 12.3. The molecule has 1 heterocycles. The Labute approximate surface area is 172 Å². The normalized spacial score (nSPS) is 15.1. The number of alkyl carbamates (subject to hydrolysis) is 1. The number of amides is 1. The molecule has 1 saturated heterocycles. The van der Waals surface area contributed by atoms with E-state index in [0.717, 1.165) is 36.3 Å². The highest BCUT2D eigenvalue weighted by Gasteiger charge is 2.29. The number of hydrogen-bond acceptors (Lipinski definition) is 5. The summed E-state index contributed by atoms with van der Waals surface area (Å²) >= 11 is 0. The maximum absolute atomic E-state index is 12.3. The molecule has 6 nitrogen and oxygen atoms in total. The summed E-state index contributed by atoms with van der Waals surface area (Å²) in [6, 6.07) is 17.1. The molecule has 1 aliphatic heterocycles. The van der Waals surface area contributed by atoms with Gasteiger partial charge in [0.2, 0.25) is 0 Å². The first kappa shape index (κ1) is 21.1. The van der Waals surface area contributed by atoms with E-state index >= 15 is 0 Å². The average Bonchev–Trinajstić information content (AvgIpc) is 3.29. The van der Waals surface area contributed by atoms with Crippen molar-refractivity contribution in [2.75, 3.05) is 19.8 Å². The number of unbranched alkanes of at least 4 members (excludes halogenated alkanes) is 1. The number of carbonyl (C=O) groups excluding carboxylic acids is 1. The summed E-state index contributed by atoms with van der Waals surface area (Å²) in [5.74, 6) is 0.849. The number of ether oxygens (including phenoxy) is 4. The van der Waals surface area contributed by atoms with Crippen LogP contribution < -0.4 is 10.1 Å². The number of hydrogen-bond donors (Lipinski definition) is 1. The molecular weight excluding hydrogens is 370 g/mol. The SMILES string of the molecule is CCCCOc1ccc(C[C@H](NC(=O)OCc2ccccc2)C2OCCO2)cc1. The third-order valence-corrected chi connectivity index (χ3v) is 4.64. The molecule has 0 aromatic heterocycles. The topological polar surface area (TPSA) is 66.0 Å². The van der Waals surface area contributed by atoms with Gasteiger partial charge in [-0.25, -0.2) is 4.79 Å². The van der Waals surface area contributed by atoms with Gasteiger partial charge in [0.05, 0.1) is 25.9 Å². The number of benzene rings is 2. The monoisotopic (exact) mass is 399 g/mol. The highest BCUT2D eigenvalue weighted by molar-refractivity contribution is 5.67. The van der Waals surface area contributed by atoms with Crippen LogP contribution in [0.3, 0.4) is 0 Å². The van der Waals surface area contributed by atoms with Gasteiger partial charge in [-0.15, -0.1) is 0 Å². The van der Waals surface area contributed by atoms with Crippen LogP contribution in [0.15, 0.2) is 54.6 Å². The first-order valence-corrected chi connectivity index (χ1v) is 10.2. The number of nitrogens with one attached hydrogen (secondary N) is 1. The standard InChI is InChI=1S/C23H29NO5/c1-2-3-13-26-20-11-9-18(10-12-20)16-21(22-27-14-15-28-22)24-23(25)29-17-19-7-5-4-6-8-19/h4-12,21-22H,2-3,13-17H2,1H3,(H,24,25)/t21-/m0/s1. The van der Waals surface area contributed by atoms with E-state index in [4.69, 9.17) is 18.9 Å². The van der Waals surface area contributed by atoms with Crippen molar-refractivity contribution in [1.29, 1.82) is 0 Å². The van der Waals surface area contributed by atoms with Gasteiger partial charge in [-0.05, 0) is 36.1 Å². The summed E-state index contributed by atoms with van der Waals surface area (Å²) in [7, 11) is 0. The Kier molecular flexibility index (Phi) is 8.34. The molecule has 2 aromatic carbocycles. The van der Waals surface area contributed by atoms with Crippen LogP contribution in [0, 0.1) is 0 Å². The Morgan fingerprint density at radius 2 is 1.79 bits per heavy atom. The van der Waals surface area contributed by atoms with E-state index in [9.17, 15) is 4.79 Å². The zero-order valence-electron chi connectivity index (χ0n) is 16.8. The fourth-order valence-corrected chi connectivity index (χ4v) is 3.05. The van der Waals surface area contributed by atoms with Crippen LogP contribution in [0.25, 0.3) is 0 Å². The van der Waals surface area contributed by atoms with Gasteiger partial charge >= 0.3 is 6.09 Å². The Hall–Kier alpha value is -2.57. The lowest BCUT2D eigenvalue weighted by Gasteiger charge is -2.23. The first-order chi connectivity index (χ1) is 14.2. The van der Waals surface area contributed by atoms with Gasteiger partial charge in [-0.2, -0.15) is 0 Å². The molecule has 0 unspecified atom stereocenters. The molecule has 0 aliphatic carbocycles. The van der Waals surface area contributed by atoms with Crippen LogP contribution in [0.2, 0.25) is 0 Å². The van der Waals surface area contributed by atoms with Crippen molar-refractivity contribution < 1.29 is 23.7 Å². The Bertz CT molecular complexity index is 729. The van der Waals surface area contributed by atoms with E-state index in [1.807, 2.05) is 54.6 Å². The van der Waals surface area contributed by atoms with Gasteiger partial charge in [-0.1, -0.05) is 55.8 Å². The van der Waals surface area contributed by atoms with Gasteiger partial charge in [-0.3, -0.25) is 0 Å². The lowest BCUT2D eigenvalue weighted by molar-refractivity contribution is -0.0664. The molecule has 0 saturated carbocycles. The van der Waals surface area contributed by atoms with Crippen LogP contribution in [-0.2, 0) is 27.2 Å². The van der Waals surface area contributed by atoms with Crippen LogP contribution in [0.1, 0.15) is 30.9 Å². The minimum atomic E-state index is -0.488. The minimum Gasteiger partial charge on any atom is -0.494 e. The van der Waals surface area contributed by atoms with Gasteiger partial charge in [0, 0.05) is 0 Å². The molecule has 29 heavy (non-hydrogen) atoms. The van der Waals surface area contributed by atoms with Crippen molar-refractivity contribution >= 4 is 6.09 Å². The number of carbonyl (C=O) groups is 1. The minimum absolute atomic E-state index is 0.218. The lowest BCUT2D eigenvalue weighted by Crippen LogP contribution is -2.45. The lowest BCUT2D eigenvalue weighted by atomic mass is 10.1. The molecular formula is C23H29NO5. The fraction of sp³-hybridized carbons (Fsp3) is 0.435. The van der Waals surface area contributed by atoms with E-state index in [1.54, 1.807) is 0 Å². The quantitative estimate of drug-likeness (QED) is 0.610. The Morgan fingerprint density at radius 1 is 1.07 bits per heavy atom. The first-order valence-electron chi connectivity index (χ1n) is 10.2. The second kappa shape index (κ2) is 11.4. The van der Waals surface area contributed by atoms with Crippen LogP contribution in [-0.4, -0.2) is 38.2 Å². The third kappa shape index (κ3) is 7.07. The van der Waals surface area contributed by atoms with Gasteiger partial charge in [0.25, 0.3) is 0 Å². The Balaban J connectivity index is 1.54. The van der Waals surface area contributed by atoms with Crippen molar-refractivity contribution in [3.63, 3.8) is 0 Å². The predicted molar refractivity (Wildman–Crippen MR) is 110 cm³/mol. The van der Waals surface area contributed by atoms with Crippen molar-refractivity contribution in [2.45, 2.75) is 45.1 Å². The van der Waals surface area contributed by atoms with Crippen LogP contribution in [0.4, 0.5) is 4.79 Å². The molecule has 0 bridgehead atoms. The molecule has 1 atom stereocenters. The zero-order valence-corrected chi connectivity index (χ0v) is 16.8. The van der Waals surface area contributed by atoms with Gasteiger partial charge in [0.15, 0.2) is 6.29 Å². The van der Waals surface area contributed by atoms with Crippen molar-refractivity contribution in [3.05, 3.63) is 65.7 Å². The maximum Gasteiger partial charge on any atom is 0.407 e.